The van der Waals surface area contributed by atoms with E-state index < -0.39 is 0 Å². The molecule has 3 nitrogen and oxygen atoms in total. The van der Waals surface area contributed by atoms with Crippen LogP contribution < -0.4 is 5.73 Å². The van der Waals surface area contributed by atoms with Crippen LogP contribution in [-0.2, 0) is 4.79 Å². The van der Waals surface area contributed by atoms with Crippen molar-refractivity contribution in [3.8, 4) is 0 Å². The molecule has 112 valence electrons. The molecule has 0 radical (unpaired) electrons. The molecule has 1 saturated carbocycles. The number of hydrogen-bond acceptors (Lipinski definition) is 2. The van der Waals surface area contributed by atoms with Crippen LogP contribution in [0.2, 0.25) is 0 Å². The Morgan fingerprint density at radius 2 is 1.95 bits per heavy atom. The van der Waals surface area contributed by atoms with E-state index in [0.29, 0.717) is 5.91 Å². The van der Waals surface area contributed by atoms with Crippen LogP contribution >= 0.6 is 12.4 Å². The highest BCUT2D eigenvalue weighted by atomic mass is 35.5. The number of nitrogens with zero attached hydrogens (tertiary/aromatic N) is 1. The van der Waals surface area contributed by atoms with E-state index in [0.717, 1.165) is 44.7 Å². The van der Waals surface area contributed by atoms with Crippen molar-refractivity contribution < 1.29 is 4.79 Å². The Kier molecular flexibility index (Phi) is 7.16. The monoisotopic (exact) mass is 288 g/mol. The number of halogens is 1. The molecule has 4 heteroatoms. The summed E-state index contributed by atoms with van der Waals surface area (Å²) in [6, 6.07) is 0.201. The second kappa shape index (κ2) is 8.11. The summed E-state index contributed by atoms with van der Waals surface area (Å²) >= 11 is 0. The van der Waals surface area contributed by atoms with Crippen molar-refractivity contribution in [2.24, 2.45) is 17.6 Å². The second-order valence-electron chi connectivity index (χ2n) is 6.18. The van der Waals surface area contributed by atoms with Gasteiger partial charge in [0.1, 0.15) is 0 Å². The summed E-state index contributed by atoms with van der Waals surface area (Å²) in [7, 11) is 0. The summed E-state index contributed by atoms with van der Waals surface area (Å²) in [6.45, 7) is 3.86. The molecule has 2 atom stereocenters. The Labute approximate surface area is 123 Å². The van der Waals surface area contributed by atoms with Crippen molar-refractivity contribution in [3.05, 3.63) is 0 Å². The van der Waals surface area contributed by atoms with Gasteiger partial charge in [-0.2, -0.15) is 0 Å². The van der Waals surface area contributed by atoms with Crippen molar-refractivity contribution in [3.63, 3.8) is 0 Å². The average Bonchev–Trinajstić information content (AvgIpc) is 2.88. The van der Waals surface area contributed by atoms with E-state index in [4.69, 9.17) is 5.73 Å². The summed E-state index contributed by atoms with van der Waals surface area (Å²) < 4.78 is 0. The Bertz CT molecular complexity index is 279. The molecule has 1 heterocycles. The summed E-state index contributed by atoms with van der Waals surface area (Å²) in [5, 5.41) is 0. The number of carbonyl (C=O) groups excluding carboxylic acids is 1. The third kappa shape index (κ3) is 4.64. The number of amides is 1. The minimum atomic E-state index is 0. The number of rotatable bonds is 4. The molecule has 0 bridgehead atoms. The Hall–Kier alpha value is -0.280. The highest BCUT2D eigenvalue weighted by molar-refractivity contribution is 5.85. The van der Waals surface area contributed by atoms with Crippen LogP contribution in [0.25, 0.3) is 0 Å². The number of likely N-dealkylation sites (tertiary alicyclic amines) is 1. The smallest absolute Gasteiger partial charge is 0.225 e. The third-order valence-corrected chi connectivity index (χ3v) is 4.70. The van der Waals surface area contributed by atoms with Gasteiger partial charge in [0, 0.05) is 25.0 Å². The van der Waals surface area contributed by atoms with Crippen LogP contribution in [0.3, 0.4) is 0 Å². The summed E-state index contributed by atoms with van der Waals surface area (Å²) in [6.07, 6.45) is 9.65. The lowest BCUT2D eigenvalue weighted by atomic mass is 9.89. The highest BCUT2D eigenvalue weighted by Gasteiger charge is 2.29. The van der Waals surface area contributed by atoms with Crippen molar-refractivity contribution in [2.75, 3.05) is 13.1 Å². The molecular formula is C15H29ClN2O. The van der Waals surface area contributed by atoms with Gasteiger partial charge in [-0.05, 0) is 31.6 Å². The molecule has 1 saturated heterocycles. The molecule has 0 aromatic rings. The van der Waals surface area contributed by atoms with Gasteiger partial charge in [0.2, 0.25) is 5.91 Å². The molecule has 0 spiro atoms. The maximum Gasteiger partial charge on any atom is 0.225 e. The van der Waals surface area contributed by atoms with Gasteiger partial charge in [0.15, 0.2) is 0 Å². The molecule has 19 heavy (non-hydrogen) atoms. The molecular weight excluding hydrogens is 260 g/mol. The Morgan fingerprint density at radius 3 is 2.53 bits per heavy atom. The van der Waals surface area contributed by atoms with Gasteiger partial charge in [-0.15, -0.1) is 12.4 Å². The van der Waals surface area contributed by atoms with Crippen molar-refractivity contribution in [1.82, 2.24) is 4.90 Å². The molecule has 2 N–H and O–H groups in total. The topological polar surface area (TPSA) is 46.3 Å². The van der Waals surface area contributed by atoms with Crippen LogP contribution in [0.5, 0.6) is 0 Å². The maximum absolute atomic E-state index is 12.5. The molecule has 2 aliphatic rings. The van der Waals surface area contributed by atoms with E-state index >= 15 is 0 Å². The first kappa shape index (κ1) is 16.8. The standard InChI is InChI=1S/C15H28N2O.ClH/c1-2-13(10-12-6-3-4-7-12)15(18)17-9-5-8-14(16)11-17;/h12-14H,2-11,16H2,1H3;1H. The first-order valence-corrected chi connectivity index (χ1v) is 7.75. The van der Waals surface area contributed by atoms with Gasteiger partial charge in [-0.1, -0.05) is 32.6 Å². The number of nitrogens with two attached hydrogens (primary N) is 1. The van der Waals surface area contributed by atoms with Crippen molar-refractivity contribution in [2.45, 2.75) is 64.3 Å². The van der Waals surface area contributed by atoms with Gasteiger partial charge in [-0.25, -0.2) is 0 Å². The van der Waals surface area contributed by atoms with Crippen LogP contribution in [-0.4, -0.2) is 29.9 Å². The highest BCUT2D eigenvalue weighted by Crippen LogP contribution is 2.32. The van der Waals surface area contributed by atoms with E-state index in [9.17, 15) is 4.79 Å². The minimum Gasteiger partial charge on any atom is -0.341 e. The van der Waals surface area contributed by atoms with E-state index in [1.54, 1.807) is 0 Å². The number of carbonyl (C=O) groups is 1. The van der Waals surface area contributed by atoms with E-state index in [-0.39, 0.29) is 24.4 Å². The van der Waals surface area contributed by atoms with E-state index in [1.165, 1.54) is 25.7 Å². The zero-order valence-electron chi connectivity index (χ0n) is 12.1. The molecule has 1 aliphatic heterocycles. The molecule has 1 amide bonds. The molecule has 0 aromatic heterocycles. The molecule has 1 aliphatic carbocycles. The molecule has 2 rings (SSSR count). The van der Waals surface area contributed by atoms with Crippen molar-refractivity contribution >= 4 is 18.3 Å². The van der Waals surface area contributed by atoms with Gasteiger partial charge >= 0.3 is 0 Å². The Morgan fingerprint density at radius 1 is 1.26 bits per heavy atom. The van der Waals surface area contributed by atoms with Crippen LogP contribution in [0.15, 0.2) is 0 Å². The zero-order valence-corrected chi connectivity index (χ0v) is 13.0. The molecule has 2 fully saturated rings. The SMILES string of the molecule is CCC(CC1CCCC1)C(=O)N1CCCC(N)C1.Cl. The van der Waals surface area contributed by atoms with Gasteiger partial charge in [0.25, 0.3) is 0 Å². The van der Waals surface area contributed by atoms with E-state index in [1.807, 2.05) is 4.90 Å². The van der Waals surface area contributed by atoms with Crippen LogP contribution in [0.1, 0.15) is 58.3 Å². The lowest BCUT2D eigenvalue weighted by Gasteiger charge is -2.34. The molecule has 2 unspecified atom stereocenters. The van der Waals surface area contributed by atoms with E-state index in [2.05, 4.69) is 6.92 Å². The second-order valence-corrected chi connectivity index (χ2v) is 6.18. The first-order valence-electron chi connectivity index (χ1n) is 7.75. The minimum absolute atomic E-state index is 0. The fourth-order valence-electron chi connectivity index (χ4n) is 3.56. The lowest BCUT2D eigenvalue weighted by Crippen LogP contribution is -2.47. The summed E-state index contributed by atoms with van der Waals surface area (Å²) in [5.41, 5.74) is 5.97. The average molecular weight is 289 g/mol. The van der Waals surface area contributed by atoms with Crippen LogP contribution in [0.4, 0.5) is 0 Å². The predicted molar refractivity (Wildman–Crippen MR) is 81.4 cm³/mol. The first-order chi connectivity index (χ1) is 8.70. The zero-order chi connectivity index (χ0) is 13.0. The number of hydrogen-bond donors (Lipinski definition) is 1. The normalized spacial score (nSPS) is 26.0. The van der Waals surface area contributed by atoms with Gasteiger partial charge in [0.05, 0.1) is 0 Å². The fraction of sp³-hybridized carbons (Fsp3) is 0.933. The van der Waals surface area contributed by atoms with Crippen LogP contribution in [0, 0.1) is 11.8 Å². The Balaban J connectivity index is 0.00000180. The quantitative estimate of drug-likeness (QED) is 0.864. The summed E-state index contributed by atoms with van der Waals surface area (Å²) in [5.74, 6) is 1.43. The maximum atomic E-state index is 12.5. The van der Waals surface area contributed by atoms with Crippen molar-refractivity contribution in [1.29, 1.82) is 0 Å². The van der Waals surface area contributed by atoms with Gasteiger partial charge < -0.3 is 10.6 Å². The van der Waals surface area contributed by atoms with Gasteiger partial charge in [-0.3, -0.25) is 4.79 Å². The predicted octanol–water partition coefficient (Wildman–Crippen LogP) is 2.96. The summed E-state index contributed by atoms with van der Waals surface area (Å²) in [4.78, 5) is 14.6. The molecule has 0 aromatic carbocycles. The third-order valence-electron chi connectivity index (χ3n) is 4.70. The fourth-order valence-corrected chi connectivity index (χ4v) is 3.56. The lowest BCUT2D eigenvalue weighted by molar-refractivity contribution is -0.137. The largest absolute Gasteiger partial charge is 0.341 e. The number of piperidine rings is 1.